The molecule has 0 heterocycles. The van der Waals surface area contributed by atoms with E-state index in [1.165, 1.54) is 103 Å². The molecule has 0 spiro atoms. The summed E-state index contributed by atoms with van der Waals surface area (Å²) in [5.74, 6) is -0.791. The summed E-state index contributed by atoms with van der Waals surface area (Å²) in [7, 11) is -3.32. The highest BCUT2D eigenvalue weighted by atomic mass is 32.2. The molecule has 0 saturated carbocycles. The summed E-state index contributed by atoms with van der Waals surface area (Å²) in [5.41, 5.74) is 5.49. The molecule has 0 aromatic heterocycles. The molecule has 0 aromatic carbocycles. The molecule has 0 aliphatic heterocycles. The van der Waals surface area contributed by atoms with Gasteiger partial charge in [-0.1, -0.05) is 141 Å². The lowest BCUT2D eigenvalue weighted by molar-refractivity contribution is -0.159. The van der Waals surface area contributed by atoms with Gasteiger partial charge < -0.3 is 15.2 Å². The van der Waals surface area contributed by atoms with Gasteiger partial charge in [0.15, 0.2) is 9.84 Å². The fourth-order valence-electron chi connectivity index (χ4n) is 6.08. The van der Waals surface area contributed by atoms with Crippen molar-refractivity contribution < 1.29 is 27.5 Å². The predicted octanol–water partition coefficient (Wildman–Crippen LogP) is 11.7. The molecule has 0 aliphatic rings. The number of rotatable bonds is 39. The number of carbonyl (C=O) groups is 2. The van der Waals surface area contributed by atoms with Gasteiger partial charge >= 0.3 is 11.9 Å². The van der Waals surface area contributed by atoms with E-state index in [1.54, 1.807) is 0 Å². The average molecular weight is 740 g/mol. The molecule has 0 rings (SSSR count). The highest BCUT2D eigenvalue weighted by Crippen LogP contribution is 2.14. The number of allylic oxidation sites excluding steroid dienone is 4. The second-order valence-electron chi connectivity index (χ2n) is 14.5. The molecule has 0 aromatic rings. The van der Waals surface area contributed by atoms with Gasteiger partial charge in [0.2, 0.25) is 0 Å². The number of esters is 2. The van der Waals surface area contributed by atoms with Crippen LogP contribution in [0.15, 0.2) is 24.3 Å². The topological polar surface area (TPSA) is 113 Å². The molecule has 0 amide bonds. The lowest BCUT2D eigenvalue weighted by atomic mass is 10.1. The monoisotopic (exact) mass is 740 g/mol. The van der Waals surface area contributed by atoms with Crippen molar-refractivity contribution in [3.8, 4) is 0 Å². The van der Waals surface area contributed by atoms with E-state index in [9.17, 15) is 18.0 Å². The van der Waals surface area contributed by atoms with Gasteiger partial charge in [-0.2, -0.15) is 0 Å². The van der Waals surface area contributed by atoms with Gasteiger partial charge in [-0.25, -0.2) is 8.42 Å². The Balaban J connectivity index is 4.20. The minimum absolute atomic E-state index is 0.00829. The molecule has 0 radical (unpaired) electrons. The number of unbranched alkanes of at least 4 members (excludes halogenated alkanes) is 22. The van der Waals surface area contributed by atoms with E-state index >= 15 is 0 Å². The van der Waals surface area contributed by atoms with Crippen molar-refractivity contribution in [2.75, 3.05) is 24.7 Å². The maximum absolute atomic E-state index is 12.6. The van der Waals surface area contributed by atoms with Gasteiger partial charge in [-0.05, 0) is 77.2 Å². The lowest BCUT2D eigenvalue weighted by Crippen LogP contribution is -2.28. The van der Waals surface area contributed by atoms with Gasteiger partial charge in [0, 0.05) is 19.3 Å². The molecular formula is C43H81NO6S. The van der Waals surface area contributed by atoms with Crippen molar-refractivity contribution in [1.29, 1.82) is 0 Å². The third-order valence-electron chi connectivity index (χ3n) is 9.42. The Labute approximate surface area is 315 Å². The smallest absolute Gasteiger partial charge is 0.306 e. The van der Waals surface area contributed by atoms with E-state index in [0.29, 0.717) is 19.4 Å². The zero-order valence-corrected chi connectivity index (χ0v) is 34.2. The second kappa shape index (κ2) is 38.1. The maximum Gasteiger partial charge on any atom is 0.306 e. The maximum atomic E-state index is 12.6. The van der Waals surface area contributed by atoms with Crippen LogP contribution in [0.2, 0.25) is 0 Å². The molecule has 0 fully saturated rings. The molecule has 2 N–H and O–H groups in total. The number of ether oxygens (including phenoxy) is 2. The molecule has 8 heteroatoms. The number of hydrogen-bond acceptors (Lipinski definition) is 7. The third kappa shape index (κ3) is 37.9. The van der Waals surface area contributed by atoms with E-state index < -0.39 is 15.9 Å². The molecule has 51 heavy (non-hydrogen) atoms. The summed E-state index contributed by atoms with van der Waals surface area (Å²) in [6.07, 6.45) is 40.6. The lowest BCUT2D eigenvalue weighted by Gasteiger charge is -2.18. The first-order valence-corrected chi connectivity index (χ1v) is 23.2. The Bertz CT molecular complexity index is 948. The van der Waals surface area contributed by atoms with Crippen molar-refractivity contribution in [2.45, 2.75) is 213 Å². The fourth-order valence-corrected chi connectivity index (χ4v) is 7.51. The Morgan fingerprint density at radius 3 is 1.35 bits per heavy atom. The SMILES string of the molecule is CCCCCCCCC=CCCCCCCCC(=O)OCC(CCS(=O)(=O)CCCN)OC(=O)CCCCCCCC=CCCCCCCCC. The summed E-state index contributed by atoms with van der Waals surface area (Å²) >= 11 is 0. The van der Waals surface area contributed by atoms with Crippen LogP contribution in [-0.2, 0) is 28.9 Å². The van der Waals surface area contributed by atoms with Crippen molar-refractivity contribution in [3.05, 3.63) is 24.3 Å². The quantitative estimate of drug-likeness (QED) is 0.0379. The Kier molecular flexibility index (Phi) is 36.8. The zero-order valence-electron chi connectivity index (χ0n) is 33.4. The summed E-state index contributed by atoms with van der Waals surface area (Å²) in [6.45, 7) is 4.71. The largest absolute Gasteiger partial charge is 0.462 e. The van der Waals surface area contributed by atoms with Crippen molar-refractivity contribution in [3.63, 3.8) is 0 Å². The van der Waals surface area contributed by atoms with Gasteiger partial charge in [-0.3, -0.25) is 9.59 Å². The van der Waals surface area contributed by atoms with Crippen LogP contribution < -0.4 is 5.73 Å². The first-order valence-electron chi connectivity index (χ1n) is 21.4. The summed E-state index contributed by atoms with van der Waals surface area (Å²) < 4.78 is 35.9. The third-order valence-corrected chi connectivity index (χ3v) is 11.2. The van der Waals surface area contributed by atoms with Crippen LogP contribution in [0.3, 0.4) is 0 Å². The van der Waals surface area contributed by atoms with Crippen LogP contribution in [0.5, 0.6) is 0 Å². The molecule has 0 aliphatic carbocycles. The van der Waals surface area contributed by atoms with E-state index in [2.05, 4.69) is 38.2 Å². The summed E-state index contributed by atoms with van der Waals surface area (Å²) in [5, 5.41) is 0. The van der Waals surface area contributed by atoms with E-state index in [1.807, 2.05) is 0 Å². The molecule has 7 nitrogen and oxygen atoms in total. The van der Waals surface area contributed by atoms with E-state index in [-0.39, 0.29) is 42.9 Å². The first-order chi connectivity index (χ1) is 24.8. The molecule has 1 atom stereocenters. The van der Waals surface area contributed by atoms with Gasteiger partial charge in [0.05, 0.1) is 11.5 Å². The Morgan fingerprint density at radius 1 is 0.529 bits per heavy atom. The summed E-state index contributed by atoms with van der Waals surface area (Å²) in [4.78, 5) is 25.0. The molecule has 0 bridgehead atoms. The molecular weight excluding hydrogens is 659 g/mol. The second-order valence-corrected chi connectivity index (χ2v) is 16.8. The highest BCUT2D eigenvalue weighted by Gasteiger charge is 2.21. The normalized spacial score (nSPS) is 12.6. The van der Waals surface area contributed by atoms with Gasteiger partial charge in [0.1, 0.15) is 12.7 Å². The van der Waals surface area contributed by atoms with Gasteiger partial charge in [-0.15, -0.1) is 0 Å². The minimum Gasteiger partial charge on any atom is -0.462 e. The number of carbonyl (C=O) groups excluding carboxylic acids is 2. The van der Waals surface area contributed by atoms with Gasteiger partial charge in [0.25, 0.3) is 0 Å². The van der Waals surface area contributed by atoms with Crippen LogP contribution in [0.1, 0.15) is 206 Å². The van der Waals surface area contributed by atoms with Crippen molar-refractivity contribution in [2.24, 2.45) is 5.73 Å². The summed E-state index contributed by atoms with van der Waals surface area (Å²) in [6, 6.07) is 0. The van der Waals surface area contributed by atoms with E-state index in [4.69, 9.17) is 15.2 Å². The number of sulfone groups is 1. The Hall–Kier alpha value is -1.67. The van der Waals surface area contributed by atoms with Crippen LogP contribution >= 0.6 is 0 Å². The van der Waals surface area contributed by atoms with Crippen molar-refractivity contribution >= 4 is 21.8 Å². The molecule has 1 unspecified atom stereocenters. The number of hydrogen-bond donors (Lipinski definition) is 1. The molecule has 300 valence electrons. The van der Waals surface area contributed by atoms with Crippen LogP contribution in [-0.4, -0.2) is 51.1 Å². The highest BCUT2D eigenvalue weighted by molar-refractivity contribution is 7.91. The molecule has 0 saturated heterocycles. The Morgan fingerprint density at radius 2 is 0.922 bits per heavy atom. The average Bonchev–Trinajstić information content (AvgIpc) is 3.11. The van der Waals surface area contributed by atoms with Crippen LogP contribution in [0.4, 0.5) is 0 Å². The van der Waals surface area contributed by atoms with Crippen molar-refractivity contribution in [1.82, 2.24) is 0 Å². The van der Waals surface area contributed by atoms with Crippen LogP contribution in [0, 0.1) is 0 Å². The minimum atomic E-state index is -3.32. The van der Waals surface area contributed by atoms with E-state index in [0.717, 1.165) is 64.2 Å². The zero-order chi connectivity index (χ0) is 37.5. The predicted molar refractivity (Wildman–Crippen MR) is 217 cm³/mol. The fraction of sp³-hybridized carbons (Fsp3) is 0.860. The first kappa shape index (κ1) is 49.3. The standard InChI is InChI=1S/C43H81NO6S/c1-3-5-7-9-11-13-15-17-19-21-23-25-27-29-31-34-42(45)49-40-41(36-39-51(47,48)38-33-37-44)50-43(46)35-32-30-28-26-24-22-20-18-16-14-12-10-8-6-4-2/h17-20,41H,3-16,21-40,44H2,1-2H3. The number of nitrogens with two attached hydrogens (primary N) is 1. The van der Waals surface area contributed by atoms with Crippen LogP contribution in [0.25, 0.3) is 0 Å².